The Balaban J connectivity index is 1.81. The van der Waals surface area contributed by atoms with Crippen LogP contribution in [0.15, 0.2) is 16.7 Å². The molecule has 114 valence electrons. The van der Waals surface area contributed by atoms with Gasteiger partial charge in [0, 0.05) is 23.9 Å². The Labute approximate surface area is 137 Å². The number of fused-ring (bicyclic) bond motifs is 1. The zero-order valence-corrected chi connectivity index (χ0v) is 14.6. The fourth-order valence-electron chi connectivity index (χ4n) is 2.79. The molecular weight excluding hydrogens is 352 g/mol. The average molecular weight is 371 g/mol. The molecule has 1 fully saturated rings. The quantitative estimate of drug-likeness (QED) is 0.801. The van der Waals surface area contributed by atoms with Crippen molar-refractivity contribution in [2.75, 3.05) is 17.6 Å². The van der Waals surface area contributed by atoms with Gasteiger partial charge in [-0.25, -0.2) is 0 Å². The molecule has 2 heterocycles. The maximum Gasteiger partial charge on any atom is 0.239 e. The van der Waals surface area contributed by atoms with Crippen molar-refractivity contribution in [2.24, 2.45) is 5.41 Å². The van der Waals surface area contributed by atoms with Crippen molar-refractivity contribution in [3.63, 3.8) is 0 Å². The molecule has 0 spiro atoms. The lowest BCUT2D eigenvalue weighted by atomic mass is 9.90. The predicted octanol–water partition coefficient (Wildman–Crippen LogP) is 4.14. The van der Waals surface area contributed by atoms with Crippen LogP contribution < -0.4 is 9.46 Å². The van der Waals surface area contributed by atoms with E-state index in [0.29, 0.717) is 11.4 Å². The lowest BCUT2D eigenvalue weighted by Crippen LogP contribution is -2.21. The molecule has 3 rings (SSSR count). The first-order chi connectivity index (χ1) is 10.1. The van der Waals surface area contributed by atoms with Crippen molar-refractivity contribution in [1.82, 2.24) is 14.6 Å². The van der Waals surface area contributed by atoms with E-state index in [9.17, 15) is 0 Å². The molecule has 1 aliphatic rings. The van der Waals surface area contributed by atoms with Gasteiger partial charge in [-0.3, -0.25) is 9.12 Å². The minimum absolute atomic E-state index is 0.310. The van der Waals surface area contributed by atoms with Gasteiger partial charge >= 0.3 is 0 Å². The molecule has 1 saturated carbocycles. The summed E-state index contributed by atoms with van der Waals surface area (Å²) < 4.78 is 12.0. The number of rotatable bonds is 5. The summed E-state index contributed by atoms with van der Waals surface area (Å²) in [6.45, 7) is 3.07. The zero-order chi connectivity index (χ0) is 14.9. The summed E-state index contributed by atoms with van der Waals surface area (Å²) in [5.41, 5.74) is 1.09. The summed E-state index contributed by atoms with van der Waals surface area (Å²) in [6.07, 6.45) is 9.02. The van der Waals surface area contributed by atoms with Crippen LogP contribution in [0.5, 0.6) is 5.75 Å². The molecular formula is C14H19BrN4OS. The van der Waals surface area contributed by atoms with Crippen LogP contribution in [0.1, 0.15) is 32.6 Å². The summed E-state index contributed by atoms with van der Waals surface area (Å²) in [5.74, 6) is 1.55. The first-order valence-corrected chi connectivity index (χ1v) is 9.09. The van der Waals surface area contributed by atoms with Gasteiger partial charge in [-0.2, -0.15) is 0 Å². The number of pyridine rings is 1. The molecule has 21 heavy (non-hydrogen) atoms. The Morgan fingerprint density at radius 3 is 2.90 bits per heavy atom. The topological polar surface area (TPSA) is 51.5 Å². The number of hydrogen-bond donors (Lipinski definition) is 1. The van der Waals surface area contributed by atoms with E-state index in [1.165, 1.54) is 37.6 Å². The lowest BCUT2D eigenvalue weighted by Gasteiger charge is -2.23. The van der Waals surface area contributed by atoms with E-state index in [1.807, 2.05) is 22.9 Å². The summed E-state index contributed by atoms with van der Waals surface area (Å²) in [6, 6.07) is 1.93. The van der Waals surface area contributed by atoms with E-state index in [-0.39, 0.29) is 0 Å². The van der Waals surface area contributed by atoms with E-state index in [4.69, 9.17) is 4.74 Å². The summed E-state index contributed by atoms with van der Waals surface area (Å²) >= 11 is 5.07. The molecule has 0 atom stereocenters. The van der Waals surface area contributed by atoms with E-state index < -0.39 is 0 Å². The Morgan fingerprint density at radius 1 is 1.43 bits per heavy atom. The van der Waals surface area contributed by atoms with Crippen LogP contribution in [0.3, 0.4) is 0 Å². The van der Waals surface area contributed by atoms with Gasteiger partial charge in [-0.15, -0.1) is 10.2 Å². The SMILES string of the molecule is CSNc1nnc2cc(OCC3(C)CCCC3)c(Br)cn12. The highest BCUT2D eigenvalue weighted by Gasteiger charge is 2.29. The largest absolute Gasteiger partial charge is 0.492 e. The van der Waals surface area contributed by atoms with Gasteiger partial charge in [0.1, 0.15) is 5.75 Å². The smallest absolute Gasteiger partial charge is 0.239 e. The second kappa shape index (κ2) is 6.04. The van der Waals surface area contributed by atoms with Crippen molar-refractivity contribution >= 4 is 39.5 Å². The third-order valence-corrected chi connectivity index (χ3v) is 5.02. The molecule has 2 aromatic heterocycles. The molecule has 0 aliphatic heterocycles. The van der Waals surface area contributed by atoms with Gasteiger partial charge in [-0.05, 0) is 28.8 Å². The second-order valence-corrected chi connectivity index (χ2v) is 7.32. The van der Waals surface area contributed by atoms with Crippen LogP contribution in [-0.2, 0) is 0 Å². The van der Waals surface area contributed by atoms with Crippen molar-refractivity contribution < 1.29 is 4.74 Å². The number of ether oxygens (including phenoxy) is 1. The van der Waals surface area contributed by atoms with Gasteiger partial charge < -0.3 is 4.74 Å². The van der Waals surface area contributed by atoms with Crippen molar-refractivity contribution in [1.29, 1.82) is 0 Å². The van der Waals surface area contributed by atoms with E-state index in [1.54, 1.807) is 0 Å². The highest BCUT2D eigenvalue weighted by molar-refractivity contribution is 9.10. The molecule has 7 heteroatoms. The highest BCUT2D eigenvalue weighted by atomic mass is 79.9. The lowest BCUT2D eigenvalue weighted by molar-refractivity contribution is 0.167. The van der Waals surface area contributed by atoms with Gasteiger partial charge in [0.05, 0.1) is 11.1 Å². The third-order valence-electron chi connectivity index (χ3n) is 4.04. The zero-order valence-electron chi connectivity index (χ0n) is 12.2. The van der Waals surface area contributed by atoms with Crippen molar-refractivity contribution in [3.05, 3.63) is 16.7 Å². The Kier molecular flexibility index (Phi) is 4.31. The van der Waals surface area contributed by atoms with Crippen LogP contribution in [0.4, 0.5) is 5.95 Å². The van der Waals surface area contributed by atoms with Gasteiger partial charge in [0.15, 0.2) is 5.65 Å². The Hall–Kier alpha value is -0.950. The van der Waals surface area contributed by atoms with Crippen LogP contribution in [0, 0.1) is 5.41 Å². The van der Waals surface area contributed by atoms with Crippen molar-refractivity contribution in [3.8, 4) is 5.75 Å². The number of halogens is 1. The first kappa shape index (κ1) is 15.0. The van der Waals surface area contributed by atoms with Gasteiger partial charge in [-0.1, -0.05) is 31.7 Å². The summed E-state index contributed by atoms with van der Waals surface area (Å²) in [5, 5.41) is 8.30. The van der Waals surface area contributed by atoms with Crippen LogP contribution in [0.25, 0.3) is 5.65 Å². The minimum atomic E-state index is 0.310. The molecule has 0 amide bonds. The van der Waals surface area contributed by atoms with Crippen LogP contribution in [0.2, 0.25) is 0 Å². The Bertz CT molecular complexity index is 639. The first-order valence-electron chi connectivity index (χ1n) is 7.07. The van der Waals surface area contributed by atoms with Crippen LogP contribution in [-0.4, -0.2) is 27.5 Å². The molecule has 0 radical (unpaired) electrons. The monoisotopic (exact) mass is 370 g/mol. The number of nitrogens with one attached hydrogen (secondary N) is 1. The number of aromatic nitrogens is 3. The summed E-state index contributed by atoms with van der Waals surface area (Å²) in [7, 11) is 0. The van der Waals surface area contributed by atoms with Crippen molar-refractivity contribution in [2.45, 2.75) is 32.6 Å². The van der Waals surface area contributed by atoms with E-state index in [0.717, 1.165) is 22.5 Å². The molecule has 5 nitrogen and oxygen atoms in total. The minimum Gasteiger partial charge on any atom is -0.492 e. The van der Waals surface area contributed by atoms with Crippen LogP contribution >= 0.6 is 27.9 Å². The fraction of sp³-hybridized carbons (Fsp3) is 0.571. The maximum atomic E-state index is 6.05. The van der Waals surface area contributed by atoms with Gasteiger partial charge in [0.2, 0.25) is 5.95 Å². The standard InChI is InChI=1S/C14H19BrN4OS/c1-14(5-3-4-6-14)9-20-11-7-12-16-17-13(18-21-2)19(12)8-10(11)15/h7-8H,3-6,9H2,1-2H3,(H,17,18). The maximum absolute atomic E-state index is 6.05. The molecule has 0 unspecified atom stereocenters. The molecule has 2 aromatic rings. The second-order valence-electron chi connectivity index (χ2n) is 5.85. The number of hydrogen-bond acceptors (Lipinski definition) is 5. The number of nitrogens with zero attached hydrogens (tertiary/aromatic N) is 3. The molecule has 0 bridgehead atoms. The Morgan fingerprint density at radius 2 is 2.19 bits per heavy atom. The molecule has 0 saturated heterocycles. The van der Waals surface area contributed by atoms with E-state index in [2.05, 4.69) is 37.8 Å². The van der Waals surface area contributed by atoms with E-state index >= 15 is 0 Å². The van der Waals surface area contributed by atoms with Gasteiger partial charge in [0.25, 0.3) is 0 Å². The molecule has 1 N–H and O–H groups in total. The summed E-state index contributed by atoms with van der Waals surface area (Å²) in [4.78, 5) is 0. The number of anilines is 1. The third kappa shape index (κ3) is 3.13. The predicted molar refractivity (Wildman–Crippen MR) is 89.9 cm³/mol. The fourth-order valence-corrected chi connectivity index (χ4v) is 3.54. The highest BCUT2D eigenvalue weighted by Crippen LogP contribution is 2.38. The normalized spacial score (nSPS) is 17.3. The average Bonchev–Trinajstić information content (AvgIpc) is 3.05. The molecule has 1 aliphatic carbocycles. The molecule has 0 aromatic carbocycles.